The SMILES string of the molecule is CCNC(=NCC(C)(O)c1cnn(C)c1)NCCNC(=O)Cc1cccc(F)c1. The normalized spacial score (nSPS) is 13.6. The zero-order valence-corrected chi connectivity index (χ0v) is 17.1. The number of amides is 1. The van der Waals surface area contributed by atoms with Gasteiger partial charge in [0.15, 0.2) is 5.96 Å². The van der Waals surface area contributed by atoms with Crippen molar-refractivity contribution in [1.82, 2.24) is 25.7 Å². The standard InChI is InChI=1S/C20H29FN6O2/c1-4-22-19(25-14-20(2,29)16-12-26-27(3)13-16)24-9-8-23-18(28)11-15-6-5-7-17(21)10-15/h5-7,10,12-13,29H,4,8-9,11,14H2,1-3H3,(H,23,28)(H2,22,24,25). The summed E-state index contributed by atoms with van der Waals surface area (Å²) < 4.78 is 14.8. The second kappa shape index (κ2) is 10.6. The molecule has 1 unspecified atom stereocenters. The van der Waals surface area contributed by atoms with Gasteiger partial charge in [-0.1, -0.05) is 12.1 Å². The van der Waals surface area contributed by atoms with Gasteiger partial charge in [-0.2, -0.15) is 5.10 Å². The zero-order valence-electron chi connectivity index (χ0n) is 17.1. The van der Waals surface area contributed by atoms with Crippen LogP contribution in [0.2, 0.25) is 0 Å². The molecule has 1 amide bonds. The number of aryl methyl sites for hydroxylation is 1. The Bertz CT molecular complexity index is 834. The Morgan fingerprint density at radius 2 is 2.07 bits per heavy atom. The van der Waals surface area contributed by atoms with E-state index in [-0.39, 0.29) is 24.7 Å². The van der Waals surface area contributed by atoms with Crippen molar-refractivity contribution in [2.45, 2.75) is 25.9 Å². The topological polar surface area (TPSA) is 104 Å². The first-order valence-electron chi connectivity index (χ1n) is 9.55. The van der Waals surface area contributed by atoms with Gasteiger partial charge in [0.05, 0.1) is 19.2 Å². The molecule has 1 heterocycles. The molecule has 2 aromatic rings. The van der Waals surface area contributed by atoms with Gasteiger partial charge in [-0.15, -0.1) is 0 Å². The van der Waals surface area contributed by atoms with Gasteiger partial charge in [0.1, 0.15) is 11.4 Å². The molecule has 0 aliphatic heterocycles. The third-order valence-corrected chi connectivity index (χ3v) is 4.21. The van der Waals surface area contributed by atoms with Crippen LogP contribution in [0.25, 0.3) is 0 Å². The average Bonchev–Trinajstić information content (AvgIpc) is 3.10. The summed E-state index contributed by atoms with van der Waals surface area (Å²) in [7, 11) is 1.79. The number of hydrogen-bond donors (Lipinski definition) is 4. The Kier molecular flexibility index (Phi) is 8.14. The molecule has 0 aliphatic rings. The fourth-order valence-corrected chi connectivity index (χ4v) is 2.64. The maximum atomic E-state index is 13.2. The lowest BCUT2D eigenvalue weighted by atomic mass is 10.0. The molecule has 0 saturated heterocycles. The van der Waals surface area contributed by atoms with Crippen molar-refractivity contribution in [2.75, 3.05) is 26.2 Å². The number of carbonyl (C=O) groups excluding carboxylic acids is 1. The lowest BCUT2D eigenvalue weighted by Gasteiger charge is -2.20. The molecular formula is C20H29FN6O2. The number of guanidine groups is 1. The van der Waals surface area contributed by atoms with E-state index in [2.05, 4.69) is 26.0 Å². The van der Waals surface area contributed by atoms with E-state index in [1.807, 2.05) is 6.92 Å². The van der Waals surface area contributed by atoms with Crippen molar-refractivity contribution < 1.29 is 14.3 Å². The van der Waals surface area contributed by atoms with Crippen LogP contribution in [0.5, 0.6) is 0 Å². The Morgan fingerprint density at radius 3 is 2.72 bits per heavy atom. The van der Waals surface area contributed by atoms with Crippen LogP contribution in [0.15, 0.2) is 41.7 Å². The van der Waals surface area contributed by atoms with Gasteiger partial charge in [-0.05, 0) is 31.5 Å². The van der Waals surface area contributed by atoms with E-state index in [0.29, 0.717) is 36.7 Å². The summed E-state index contributed by atoms with van der Waals surface area (Å²) >= 11 is 0. The predicted molar refractivity (Wildman–Crippen MR) is 110 cm³/mol. The van der Waals surface area contributed by atoms with Crippen LogP contribution >= 0.6 is 0 Å². The third kappa shape index (κ3) is 7.53. The molecule has 8 nitrogen and oxygen atoms in total. The first-order valence-corrected chi connectivity index (χ1v) is 9.55. The van der Waals surface area contributed by atoms with Crippen molar-refractivity contribution in [2.24, 2.45) is 12.0 Å². The Morgan fingerprint density at radius 1 is 1.31 bits per heavy atom. The summed E-state index contributed by atoms with van der Waals surface area (Å²) in [6, 6.07) is 5.99. The number of aromatic nitrogens is 2. The highest BCUT2D eigenvalue weighted by Crippen LogP contribution is 2.19. The molecule has 0 bridgehead atoms. The van der Waals surface area contributed by atoms with Crippen molar-refractivity contribution in [3.63, 3.8) is 0 Å². The number of halogens is 1. The van der Waals surface area contributed by atoms with Crippen LogP contribution in [-0.4, -0.2) is 52.9 Å². The number of aliphatic hydroxyl groups is 1. The van der Waals surface area contributed by atoms with E-state index in [9.17, 15) is 14.3 Å². The number of benzene rings is 1. The maximum Gasteiger partial charge on any atom is 0.224 e. The number of rotatable bonds is 9. The summed E-state index contributed by atoms with van der Waals surface area (Å²) in [5, 5.41) is 23.7. The quantitative estimate of drug-likeness (QED) is 0.280. The highest BCUT2D eigenvalue weighted by Gasteiger charge is 2.24. The van der Waals surface area contributed by atoms with Gasteiger partial charge in [-0.3, -0.25) is 9.48 Å². The molecule has 158 valence electrons. The first-order chi connectivity index (χ1) is 13.8. The molecule has 4 N–H and O–H groups in total. The highest BCUT2D eigenvalue weighted by atomic mass is 19.1. The molecule has 1 atom stereocenters. The van der Waals surface area contributed by atoms with Crippen LogP contribution in [-0.2, 0) is 23.9 Å². The number of nitrogens with zero attached hydrogens (tertiary/aromatic N) is 3. The van der Waals surface area contributed by atoms with Gasteiger partial charge in [0, 0.05) is 38.4 Å². The van der Waals surface area contributed by atoms with Gasteiger partial charge in [0.25, 0.3) is 0 Å². The van der Waals surface area contributed by atoms with E-state index in [0.717, 1.165) is 0 Å². The fraction of sp³-hybridized carbons (Fsp3) is 0.450. The zero-order chi connectivity index (χ0) is 21.3. The largest absolute Gasteiger partial charge is 0.383 e. The van der Waals surface area contributed by atoms with Crippen LogP contribution in [0.1, 0.15) is 25.0 Å². The summed E-state index contributed by atoms with van der Waals surface area (Å²) in [5.41, 5.74) is 0.169. The average molecular weight is 404 g/mol. The second-order valence-corrected chi connectivity index (χ2v) is 6.96. The van der Waals surface area contributed by atoms with Crippen LogP contribution in [0.4, 0.5) is 4.39 Å². The summed E-state index contributed by atoms with van der Waals surface area (Å²) in [6.07, 6.45) is 3.49. The minimum absolute atomic E-state index is 0.125. The Balaban J connectivity index is 1.79. The molecule has 1 aromatic heterocycles. The lowest BCUT2D eigenvalue weighted by Crippen LogP contribution is -2.42. The minimum atomic E-state index is -1.14. The van der Waals surface area contributed by atoms with Gasteiger partial charge < -0.3 is 21.1 Å². The molecule has 29 heavy (non-hydrogen) atoms. The van der Waals surface area contributed by atoms with Crippen molar-refractivity contribution in [1.29, 1.82) is 0 Å². The van der Waals surface area contributed by atoms with Crippen molar-refractivity contribution in [3.05, 3.63) is 53.6 Å². The van der Waals surface area contributed by atoms with Gasteiger partial charge in [0.2, 0.25) is 5.91 Å². The molecule has 0 saturated carbocycles. The molecule has 0 aliphatic carbocycles. The monoisotopic (exact) mass is 404 g/mol. The van der Waals surface area contributed by atoms with Crippen LogP contribution in [0, 0.1) is 5.82 Å². The van der Waals surface area contributed by atoms with E-state index in [4.69, 9.17) is 0 Å². The fourth-order valence-electron chi connectivity index (χ4n) is 2.64. The summed E-state index contributed by atoms with van der Waals surface area (Å²) in [5.74, 6) is 0.000484. The molecule has 0 spiro atoms. The molecule has 0 radical (unpaired) electrons. The predicted octanol–water partition coefficient (Wildman–Crippen LogP) is 0.681. The number of aliphatic imine (C=N–C) groups is 1. The Labute approximate surface area is 170 Å². The van der Waals surface area contributed by atoms with E-state index >= 15 is 0 Å². The second-order valence-electron chi connectivity index (χ2n) is 6.96. The minimum Gasteiger partial charge on any atom is -0.383 e. The van der Waals surface area contributed by atoms with Crippen LogP contribution < -0.4 is 16.0 Å². The smallest absolute Gasteiger partial charge is 0.224 e. The molecule has 1 aromatic carbocycles. The highest BCUT2D eigenvalue weighted by molar-refractivity contribution is 5.80. The molecule has 2 rings (SSSR count). The molecular weight excluding hydrogens is 375 g/mol. The maximum absolute atomic E-state index is 13.2. The molecule has 0 fully saturated rings. The van der Waals surface area contributed by atoms with Gasteiger partial charge >= 0.3 is 0 Å². The summed E-state index contributed by atoms with van der Waals surface area (Å²) in [6.45, 7) is 5.28. The Hall–Kier alpha value is -2.94. The first kappa shape index (κ1) is 22.4. The third-order valence-electron chi connectivity index (χ3n) is 4.21. The van der Waals surface area contributed by atoms with E-state index in [1.54, 1.807) is 43.2 Å². The van der Waals surface area contributed by atoms with E-state index in [1.165, 1.54) is 12.1 Å². The van der Waals surface area contributed by atoms with Crippen molar-refractivity contribution >= 4 is 11.9 Å². The molecule has 9 heteroatoms. The summed E-state index contributed by atoms with van der Waals surface area (Å²) in [4.78, 5) is 16.4. The number of hydrogen-bond acceptors (Lipinski definition) is 4. The van der Waals surface area contributed by atoms with Gasteiger partial charge in [-0.25, -0.2) is 9.38 Å². The number of carbonyl (C=O) groups is 1. The van der Waals surface area contributed by atoms with Crippen molar-refractivity contribution in [3.8, 4) is 0 Å². The van der Waals surface area contributed by atoms with Crippen LogP contribution in [0.3, 0.4) is 0 Å². The lowest BCUT2D eigenvalue weighted by molar-refractivity contribution is -0.120. The van der Waals surface area contributed by atoms with E-state index < -0.39 is 5.60 Å². The number of nitrogens with one attached hydrogen (secondary N) is 3.